The van der Waals surface area contributed by atoms with Crippen molar-refractivity contribution in [1.29, 1.82) is 0 Å². The Kier molecular flexibility index (Phi) is 8.89. The maximum absolute atomic E-state index is 11.0. The largest absolute Gasteiger partial charge is 0.469 e. The van der Waals surface area contributed by atoms with Crippen LogP contribution in [0, 0.1) is 0 Å². The fourth-order valence-electron chi connectivity index (χ4n) is 1.14. The zero-order chi connectivity index (χ0) is 10.3. The summed E-state index contributed by atoms with van der Waals surface area (Å²) in [6.45, 7) is 5.60. The van der Waals surface area contributed by atoms with Gasteiger partial charge in [-0.05, 0) is 19.3 Å². The molecule has 1 unspecified atom stereocenters. The van der Waals surface area contributed by atoms with Gasteiger partial charge in [0, 0.05) is 5.54 Å². The molecule has 4 heteroatoms. The Morgan fingerprint density at radius 2 is 2.21 bits per heavy atom. The zero-order valence-corrected chi connectivity index (χ0v) is 9.73. The summed E-state index contributed by atoms with van der Waals surface area (Å²) in [6, 6.07) is 0. The van der Waals surface area contributed by atoms with Gasteiger partial charge in [-0.2, -0.15) is 0 Å². The highest BCUT2D eigenvalue weighted by atomic mass is 35.5. The summed E-state index contributed by atoms with van der Waals surface area (Å²) in [5.41, 5.74) is 5.58. The Hall–Kier alpha value is -0.540. The van der Waals surface area contributed by atoms with Crippen molar-refractivity contribution in [2.45, 2.75) is 38.1 Å². The molecule has 0 aliphatic heterocycles. The van der Waals surface area contributed by atoms with E-state index in [9.17, 15) is 4.79 Å². The SMILES string of the molecule is C=CCCC(N)(CC)CC(=O)OC.Cl. The fraction of sp³-hybridized carbons (Fsp3) is 0.700. The first-order chi connectivity index (χ1) is 6.08. The maximum Gasteiger partial charge on any atom is 0.307 e. The average Bonchev–Trinajstić information content (AvgIpc) is 2.14. The smallest absolute Gasteiger partial charge is 0.307 e. The minimum atomic E-state index is -0.429. The lowest BCUT2D eigenvalue weighted by molar-refractivity contribution is -0.142. The van der Waals surface area contributed by atoms with E-state index in [1.807, 2.05) is 13.0 Å². The maximum atomic E-state index is 11.0. The third-order valence-electron chi connectivity index (χ3n) is 2.27. The number of esters is 1. The predicted octanol–water partition coefficient (Wildman–Crippen LogP) is 2.05. The Balaban J connectivity index is 0. The van der Waals surface area contributed by atoms with E-state index in [1.54, 1.807) is 0 Å². The van der Waals surface area contributed by atoms with Crippen LogP contribution in [0.1, 0.15) is 32.6 Å². The Labute approximate surface area is 92.1 Å². The lowest BCUT2D eigenvalue weighted by Gasteiger charge is -2.26. The van der Waals surface area contributed by atoms with Crippen molar-refractivity contribution >= 4 is 18.4 Å². The van der Waals surface area contributed by atoms with Crippen LogP contribution in [-0.2, 0) is 9.53 Å². The first-order valence-electron chi connectivity index (χ1n) is 4.54. The molecule has 0 spiro atoms. The highest BCUT2D eigenvalue weighted by Crippen LogP contribution is 2.19. The van der Waals surface area contributed by atoms with Crippen molar-refractivity contribution in [3.8, 4) is 0 Å². The molecule has 0 aromatic rings. The molecule has 14 heavy (non-hydrogen) atoms. The van der Waals surface area contributed by atoms with Crippen LogP contribution < -0.4 is 5.73 Å². The topological polar surface area (TPSA) is 52.3 Å². The van der Waals surface area contributed by atoms with Gasteiger partial charge in [0.2, 0.25) is 0 Å². The number of allylic oxidation sites excluding steroid dienone is 1. The second kappa shape index (κ2) is 7.83. The van der Waals surface area contributed by atoms with Crippen molar-refractivity contribution in [3.63, 3.8) is 0 Å². The molecule has 0 fully saturated rings. The molecule has 2 N–H and O–H groups in total. The molecule has 0 radical (unpaired) electrons. The van der Waals surface area contributed by atoms with E-state index in [1.165, 1.54) is 7.11 Å². The lowest BCUT2D eigenvalue weighted by atomic mass is 9.88. The van der Waals surface area contributed by atoms with Gasteiger partial charge in [0.15, 0.2) is 0 Å². The molecule has 0 bridgehead atoms. The summed E-state index contributed by atoms with van der Waals surface area (Å²) in [6.07, 6.45) is 4.49. The van der Waals surface area contributed by atoms with Crippen LogP contribution in [0.15, 0.2) is 12.7 Å². The van der Waals surface area contributed by atoms with Crippen LogP contribution >= 0.6 is 12.4 Å². The van der Waals surface area contributed by atoms with Gasteiger partial charge in [0.05, 0.1) is 13.5 Å². The van der Waals surface area contributed by atoms with E-state index >= 15 is 0 Å². The summed E-state index contributed by atoms with van der Waals surface area (Å²) in [7, 11) is 1.38. The van der Waals surface area contributed by atoms with Crippen LogP contribution in [0.4, 0.5) is 0 Å². The number of carbonyl (C=O) groups is 1. The first kappa shape index (κ1) is 15.9. The molecule has 0 aliphatic carbocycles. The van der Waals surface area contributed by atoms with E-state index in [0.717, 1.165) is 19.3 Å². The van der Waals surface area contributed by atoms with E-state index in [0.29, 0.717) is 0 Å². The molecule has 3 nitrogen and oxygen atoms in total. The molecule has 0 amide bonds. The molecule has 0 aromatic carbocycles. The number of hydrogen-bond acceptors (Lipinski definition) is 3. The van der Waals surface area contributed by atoms with Crippen molar-refractivity contribution in [3.05, 3.63) is 12.7 Å². The number of halogens is 1. The Bertz CT molecular complexity index is 185. The van der Waals surface area contributed by atoms with E-state index < -0.39 is 5.54 Å². The number of hydrogen-bond donors (Lipinski definition) is 1. The average molecular weight is 222 g/mol. The summed E-state index contributed by atoms with van der Waals surface area (Å²) < 4.78 is 4.58. The van der Waals surface area contributed by atoms with Gasteiger partial charge in [-0.3, -0.25) is 4.79 Å². The monoisotopic (exact) mass is 221 g/mol. The van der Waals surface area contributed by atoms with Gasteiger partial charge in [0.25, 0.3) is 0 Å². The van der Waals surface area contributed by atoms with Gasteiger partial charge in [-0.25, -0.2) is 0 Å². The molecule has 84 valence electrons. The van der Waals surface area contributed by atoms with Crippen LogP contribution in [0.2, 0.25) is 0 Å². The fourth-order valence-corrected chi connectivity index (χ4v) is 1.14. The van der Waals surface area contributed by atoms with Crippen LogP contribution in [0.25, 0.3) is 0 Å². The van der Waals surface area contributed by atoms with E-state index in [2.05, 4.69) is 11.3 Å². The lowest BCUT2D eigenvalue weighted by Crippen LogP contribution is -2.41. The normalized spacial score (nSPS) is 13.6. The standard InChI is InChI=1S/C10H19NO2.ClH/c1-4-6-7-10(11,5-2)8-9(12)13-3;/h4H,1,5-8,11H2,2-3H3;1H. The van der Waals surface area contributed by atoms with Gasteiger partial charge >= 0.3 is 5.97 Å². The third-order valence-corrected chi connectivity index (χ3v) is 2.27. The quantitative estimate of drug-likeness (QED) is 0.552. The van der Waals surface area contributed by atoms with Crippen LogP contribution in [-0.4, -0.2) is 18.6 Å². The molecule has 0 saturated carbocycles. The van der Waals surface area contributed by atoms with Crippen LogP contribution in [0.3, 0.4) is 0 Å². The molecule has 0 saturated heterocycles. The molecular weight excluding hydrogens is 202 g/mol. The van der Waals surface area contributed by atoms with Gasteiger partial charge in [-0.1, -0.05) is 13.0 Å². The second-order valence-corrected chi connectivity index (χ2v) is 3.30. The second-order valence-electron chi connectivity index (χ2n) is 3.30. The van der Waals surface area contributed by atoms with Crippen molar-refractivity contribution in [2.24, 2.45) is 5.73 Å². The van der Waals surface area contributed by atoms with Crippen molar-refractivity contribution in [2.75, 3.05) is 7.11 Å². The zero-order valence-electron chi connectivity index (χ0n) is 8.91. The highest BCUT2D eigenvalue weighted by Gasteiger charge is 2.25. The van der Waals surface area contributed by atoms with Gasteiger partial charge < -0.3 is 10.5 Å². The third kappa shape index (κ3) is 6.00. The number of nitrogens with two attached hydrogens (primary N) is 1. The summed E-state index contributed by atoms with van der Waals surface area (Å²) in [5.74, 6) is -0.242. The van der Waals surface area contributed by atoms with E-state index in [-0.39, 0.29) is 24.8 Å². The minimum absolute atomic E-state index is 0. The predicted molar refractivity (Wildman–Crippen MR) is 60.5 cm³/mol. The summed E-state index contributed by atoms with van der Waals surface area (Å²) in [5, 5.41) is 0. The summed E-state index contributed by atoms with van der Waals surface area (Å²) >= 11 is 0. The summed E-state index contributed by atoms with van der Waals surface area (Å²) in [4.78, 5) is 11.0. The van der Waals surface area contributed by atoms with Crippen LogP contribution in [0.5, 0.6) is 0 Å². The number of rotatable bonds is 6. The number of ether oxygens (including phenoxy) is 1. The molecular formula is C10H20ClNO2. The van der Waals surface area contributed by atoms with Crippen molar-refractivity contribution in [1.82, 2.24) is 0 Å². The van der Waals surface area contributed by atoms with Crippen molar-refractivity contribution < 1.29 is 9.53 Å². The molecule has 0 aromatic heterocycles. The first-order valence-corrected chi connectivity index (χ1v) is 4.54. The van der Waals surface area contributed by atoms with Gasteiger partial charge in [0.1, 0.15) is 0 Å². The Morgan fingerprint density at radius 1 is 1.64 bits per heavy atom. The molecule has 1 atom stereocenters. The number of methoxy groups -OCH3 is 1. The molecule has 0 rings (SSSR count). The van der Waals surface area contributed by atoms with E-state index in [4.69, 9.17) is 5.73 Å². The molecule has 0 heterocycles. The van der Waals surface area contributed by atoms with Gasteiger partial charge in [-0.15, -0.1) is 19.0 Å². The highest BCUT2D eigenvalue weighted by molar-refractivity contribution is 5.85. The molecule has 0 aliphatic rings. The Morgan fingerprint density at radius 3 is 2.57 bits per heavy atom. The number of carbonyl (C=O) groups excluding carboxylic acids is 1. The minimum Gasteiger partial charge on any atom is -0.469 e.